The van der Waals surface area contributed by atoms with Gasteiger partial charge in [0.1, 0.15) is 11.6 Å². The average molecular weight is 365 g/mol. The summed E-state index contributed by atoms with van der Waals surface area (Å²) in [5, 5.41) is 3.28. The fraction of sp³-hybridized carbons (Fsp3) is 0.579. The molecular weight excluding hydrogens is 340 g/mol. The van der Waals surface area contributed by atoms with Crippen molar-refractivity contribution in [3.05, 3.63) is 35.4 Å². The molecule has 2 aliphatic heterocycles. The molecule has 142 valence electrons. The second kappa shape index (κ2) is 8.22. The summed E-state index contributed by atoms with van der Waals surface area (Å²) in [5.41, 5.74) is 5.34. The lowest BCUT2D eigenvalue weighted by Gasteiger charge is -2.41. The normalized spacial score (nSPS) is 21.5. The molecule has 2 heterocycles. The number of Topliss-reactive ketones (excluding diaryl/α,β-unsaturated/α-hetero) is 1. The van der Waals surface area contributed by atoms with Gasteiger partial charge in [0, 0.05) is 12.0 Å². The quantitative estimate of drug-likeness (QED) is 0.779. The fourth-order valence-electron chi connectivity index (χ4n) is 4.15. The largest absolute Gasteiger partial charge is 0.369 e. The predicted molar refractivity (Wildman–Crippen MR) is 93.6 cm³/mol. The Morgan fingerprint density at radius 2 is 1.77 bits per heavy atom. The van der Waals surface area contributed by atoms with Gasteiger partial charge >= 0.3 is 0 Å². The Morgan fingerprint density at radius 1 is 1.12 bits per heavy atom. The highest BCUT2D eigenvalue weighted by Gasteiger charge is 2.38. The first kappa shape index (κ1) is 18.9. The maximum absolute atomic E-state index is 14.2. The molecule has 5 nitrogen and oxygen atoms in total. The summed E-state index contributed by atoms with van der Waals surface area (Å²) in [6.07, 6.45) is 2.87. The summed E-state index contributed by atoms with van der Waals surface area (Å²) in [7, 11) is 0. The summed E-state index contributed by atoms with van der Waals surface area (Å²) < 4.78 is 27.4. The Hall–Kier alpha value is -1.86. The molecule has 2 saturated heterocycles. The van der Waals surface area contributed by atoms with Gasteiger partial charge in [0.15, 0.2) is 5.78 Å². The minimum atomic E-state index is -0.819. The van der Waals surface area contributed by atoms with Crippen LogP contribution in [0.5, 0.6) is 0 Å². The van der Waals surface area contributed by atoms with Crippen LogP contribution in [-0.2, 0) is 4.79 Å². The van der Waals surface area contributed by atoms with Crippen LogP contribution in [0.1, 0.15) is 36.0 Å². The van der Waals surface area contributed by atoms with Gasteiger partial charge in [-0.15, -0.1) is 0 Å². The highest BCUT2D eigenvalue weighted by atomic mass is 19.1. The number of rotatable bonds is 5. The molecule has 0 aliphatic carbocycles. The van der Waals surface area contributed by atoms with Gasteiger partial charge in [-0.05, 0) is 69.9 Å². The molecule has 2 fully saturated rings. The zero-order valence-corrected chi connectivity index (χ0v) is 14.7. The molecule has 0 radical (unpaired) electrons. The number of primary amides is 1. The number of likely N-dealkylation sites (tertiary alicyclic amines) is 1. The number of ketones is 1. The van der Waals surface area contributed by atoms with Gasteiger partial charge in [-0.25, -0.2) is 8.78 Å². The lowest BCUT2D eigenvalue weighted by atomic mass is 9.82. The van der Waals surface area contributed by atoms with E-state index in [0.717, 1.165) is 38.1 Å². The topological polar surface area (TPSA) is 75.4 Å². The Labute approximate surface area is 151 Å². The van der Waals surface area contributed by atoms with E-state index in [4.69, 9.17) is 5.73 Å². The van der Waals surface area contributed by atoms with Crippen LogP contribution in [-0.4, -0.2) is 48.8 Å². The third-order valence-corrected chi connectivity index (χ3v) is 5.62. The van der Waals surface area contributed by atoms with Crippen molar-refractivity contribution >= 4 is 11.7 Å². The number of piperidine rings is 2. The average Bonchev–Trinajstić information content (AvgIpc) is 2.63. The molecule has 26 heavy (non-hydrogen) atoms. The number of hydrogen-bond acceptors (Lipinski definition) is 4. The molecular formula is C19H25F2N3O2. The van der Waals surface area contributed by atoms with Crippen LogP contribution in [0.3, 0.4) is 0 Å². The lowest BCUT2D eigenvalue weighted by Crippen LogP contribution is -2.52. The first-order valence-corrected chi connectivity index (χ1v) is 9.20. The minimum Gasteiger partial charge on any atom is -0.369 e. The van der Waals surface area contributed by atoms with Crippen LogP contribution in [0.25, 0.3) is 0 Å². The van der Waals surface area contributed by atoms with Crippen molar-refractivity contribution in [1.82, 2.24) is 10.2 Å². The molecule has 1 amide bonds. The van der Waals surface area contributed by atoms with Gasteiger partial charge < -0.3 is 11.1 Å². The summed E-state index contributed by atoms with van der Waals surface area (Å²) in [5.74, 6) is -2.18. The highest BCUT2D eigenvalue weighted by molar-refractivity contribution is 6.00. The van der Waals surface area contributed by atoms with Crippen LogP contribution in [0.2, 0.25) is 0 Å². The third kappa shape index (κ3) is 4.10. The zero-order chi connectivity index (χ0) is 18.7. The van der Waals surface area contributed by atoms with E-state index in [2.05, 4.69) is 10.2 Å². The molecule has 0 saturated carbocycles. The predicted octanol–water partition coefficient (Wildman–Crippen LogP) is 1.71. The second-order valence-electron chi connectivity index (χ2n) is 7.23. The number of nitrogens with two attached hydrogens (primary N) is 1. The number of carbonyl (C=O) groups excluding carboxylic acids is 2. The van der Waals surface area contributed by atoms with Crippen LogP contribution >= 0.6 is 0 Å². The van der Waals surface area contributed by atoms with E-state index in [1.165, 1.54) is 6.07 Å². The maximum atomic E-state index is 14.2. The van der Waals surface area contributed by atoms with Gasteiger partial charge in [-0.3, -0.25) is 14.5 Å². The molecule has 1 unspecified atom stereocenters. The Kier molecular flexibility index (Phi) is 5.98. The van der Waals surface area contributed by atoms with Crippen molar-refractivity contribution in [3.8, 4) is 0 Å². The molecule has 0 spiro atoms. The van der Waals surface area contributed by atoms with Crippen molar-refractivity contribution in [3.63, 3.8) is 0 Å². The van der Waals surface area contributed by atoms with Crippen molar-refractivity contribution in [2.75, 3.05) is 26.2 Å². The molecule has 0 bridgehead atoms. The van der Waals surface area contributed by atoms with Crippen LogP contribution in [0.15, 0.2) is 18.2 Å². The molecule has 7 heteroatoms. The Balaban J connectivity index is 1.83. The number of nitrogens with zero attached hydrogens (tertiary/aromatic N) is 1. The van der Waals surface area contributed by atoms with Crippen LogP contribution in [0.4, 0.5) is 8.78 Å². The van der Waals surface area contributed by atoms with E-state index >= 15 is 0 Å². The number of hydrogen-bond donors (Lipinski definition) is 2. The number of benzene rings is 1. The Bertz CT molecular complexity index is 669. The molecule has 1 atom stereocenters. The van der Waals surface area contributed by atoms with Crippen molar-refractivity contribution in [2.24, 2.45) is 17.6 Å². The van der Waals surface area contributed by atoms with Gasteiger partial charge in [-0.1, -0.05) is 0 Å². The van der Waals surface area contributed by atoms with Gasteiger partial charge in [0.25, 0.3) is 0 Å². The molecule has 1 aromatic carbocycles. The molecule has 2 aliphatic rings. The monoisotopic (exact) mass is 365 g/mol. The van der Waals surface area contributed by atoms with Crippen molar-refractivity contribution in [2.45, 2.75) is 31.7 Å². The second-order valence-corrected chi connectivity index (χ2v) is 7.23. The molecule has 3 rings (SSSR count). The minimum absolute atomic E-state index is 0.0630. The molecule has 3 N–H and O–H groups in total. The van der Waals surface area contributed by atoms with E-state index in [9.17, 15) is 18.4 Å². The van der Waals surface area contributed by atoms with Crippen molar-refractivity contribution < 1.29 is 18.4 Å². The van der Waals surface area contributed by atoms with Crippen LogP contribution < -0.4 is 11.1 Å². The SMILES string of the molecule is NC(=O)C1CCN(C(C(=O)c2ccc(F)cc2F)C2CCNCC2)CC1. The first-order valence-electron chi connectivity index (χ1n) is 9.20. The third-order valence-electron chi connectivity index (χ3n) is 5.62. The number of carbonyl (C=O) groups is 2. The summed E-state index contributed by atoms with van der Waals surface area (Å²) in [6.45, 7) is 2.80. The molecule has 1 aromatic rings. The maximum Gasteiger partial charge on any atom is 0.220 e. The standard InChI is InChI=1S/C19H25F2N3O2/c20-14-1-2-15(16(21)11-14)18(25)17(12-3-7-23-8-4-12)24-9-5-13(6-10-24)19(22)26/h1-2,11-13,17,23H,3-10H2,(H2,22,26). The van der Waals surface area contributed by atoms with E-state index in [-0.39, 0.29) is 29.1 Å². The van der Waals surface area contributed by atoms with Crippen LogP contribution in [0, 0.1) is 23.5 Å². The lowest BCUT2D eigenvalue weighted by molar-refractivity contribution is -0.123. The van der Waals surface area contributed by atoms with E-state index in [1.54, 1.807) is 0 Å². The fourth-order valence-corrected chi connectivity index (χ4v) is 4.15. The van der Waals surface area contributed by atoms with E-state index in [1.807, 2.05) is 0 Å². The van der Waals surface area contributed by atoms with Gasteiger partial charge in [0.2, 0.25) is 5.91 Å². The first-order chi connectivity index (χ1) is 12.5. The van der Waals surface area contributed by atoms with E-state index in [0.29, 0.717) is 25.9 Å². The van der Waals surface area contributed by atoms with Gasteiger partial charge in [0.05, 0.1) is 11.6 Å². The van der Waals surface area contributed by atoms with Gasteiger partial charge in [-0.2, -0.15) is 0 Å². The summed E-state index contributed by atoms with van der Waals surface area (Å²) >= 11 is 0. The smallest absolute Gasteiger partial charge is 0.220 e. The highest BCUT2D eigenvalue weighted by Crippen LogP contribution is 2.29. The number of amides is 1. The van der Waals surface area contributed by atoms with Crippen molar-refractivity contribution in [1.29, 1.82) is 0 Å². The summed E-state index contributed by atoms with van der Waals surface area (Å²) in [6, 6.07) is 2.66. The molecule has 0 aromatic heterocycles. The Morgan fingerprint density at radius 3 is 2.35 bits per heavy atom. The number of halogens is 2. The zero-order valence-electron chi connectivity index (χ0n) is 14.7. The number of nitrogens with one attached hydrogen (secondary N) is 1. The van der Waals surface area contributed by atoms with E-state index < -0.39 is 17.7 Å². The summed E-state index contributed by atoms with van der Waals surface area (Å²) in [4.78, 5) is 26.6.